The molecule has 1 aromatic carbocycles. The van der Waals surface area contributed by atoms with Gasteiger partial charge in [-0.15, -0.1) is 11.3 Å². The molecule has 11 heteroatoms. The molecular formula is C24H21ClN4O5S. The van der Waals surface area contributed by atoms with Crippen molar-refractivity contribution in [3.63, 3.8) is 0 Å². The fourth-order valence-electron chi connectivity index (χ4n) is 3.47. The van der Waals surface area contributed by atoms with E-state index in [2.05, 4.69) is 15.7 Å². The van der Waals surface area contributed by atoms with Gasteiger partial charge in [0.2, 0.25) is 5.91 Å². The zero-order valence-electron chi connectivity index (χ0n) is 18.5. The van der Waals surface area contributed by atoms with Gasteiger partial charge in [-0.1, -0.05) is 11.6 Å². The van der Waals surface area contributed by atoms with Crippen LogP contribution in [0.1, 0.15) is 27.7 Å². The molecule has 0 radical (unpaired) electrons. The number of aromatic nitrogens is 1. The molecule has 3 aromatic rings. The second-order valence-electron chi connectivity index (χ2n) is 7.72. The number of nitrogens with zero attached hydrogens (tertiary/aromatic N) is 1. The van der Waals surface area contributed by atoms with Crippen LogP contribution in [0.2, 0.25) is 5.02 Å². The number of halogens is 1. The topological polar surface area (TPSA) is 130 Å². The maximum absolute atomic E-state index is 12.2. The number of anilines is 1. The van der Waals surface area contributed by atoms with Gasteiger partial charge < -0.3 is 15.2 Å². The second kappa shape index (κ2) is 10.6. The van der Waals surface area contributed by atoms with Gasteiger partial charge >= 0.3 is 6.09 Å². The van der Waals surface area contributed by atoms with E-state index in [9.17, 15) is 14.4 Å². The van der Waals surface area contributed by atoms with Gasteiger partial charge in [0.05, 0.1) is 16.4 Å². The lowest BCUT2D eigenvalue weighted by Crippen LogP contribution is -2.33. The lowest BCUT2D eigenvalue weighted by Gasteiger charge is -2.11. The van der Waals surface area contributed by atoms with Crippen LogP contribution in [0.25, 0.3) is 16.5 Å². The summed E-state index contributed by atoms with van der Waals surface area (Å²) in [5, 5.41) is 11.9. The summed E-state index contributed by atoms with van der Waals surface area (Å²) in [6.45, 7) is 1.85. The van der Waals surface area contributed by atoms with E-state index in [1.165, 1.54) is 23.6 Å². The number of carboxylic acid groups (broad SMARTS) is 1. The highest BCUT2D eigenvalue weighted by atomic mass is 35.5. The van der Waals surface area contributed by atoms with Crippen LogP contribution >= 0.6 is 22.9 Å². The number of carbonyl (C=O) groups excluding carboxylic acids is 2. The van der Waals surface area contributed by atoms with Gasteiger partial charge in [-0.25, -0.2) is 15.2 Å². The monoisotopic (exact) mass is 512 g/mol. The predicted octanol–water partition coefficient (Wildman–Crippen LogP) is 4.39. The van der Waals surface area contributed by atoms with Gasteiger partial charge in [0.1, 0.15) is 17.7 Å². The van der Waals surface area contributed by atoms with Crippen LogP contribution in [0.3, 0.4) is 0 Å². The number of carbonyl (C=O) groups is 3. The van der Waals surface area contributed by atoms with Crippen LogP contribution in [0, 0.1) is 0 Å². The molecule has 0 bridgehead atoms. The highest BCUT2D eigenvalue weighted by Gasteiger charge is 2.26. The third kappa shape index (κ3) is 6.17. The van der Waals surface area contributed by atoms with E-state index >= 15 is 0 Å². The highest BCUT2D eigenvalue weighted by molar-refractivity contribution is 7.17. The normalized spacial score (nSPS) is 14.3. The van der Waals surface area contributed by atoms with Crippen LogP contribution < -0.4 is 20.9 Å². The van der Waals surface area contributed by atoms with Gasteiger partial charge in [-0.3, -0.25) is 15.0 Å². The molecule has 4 rings (SSSR count). The number of hydrazine groups is 1. The molecule has 0 fully saturated rings. The Bertz CT molecular complexity index is 1310. The molecule has 0 aliphatic carbocycles. The lowest BCUT2D eigenvalue weighted by molar-refractivity contribution is -0.116. The Morgan fingerprint density at radius 1 is 1.26 bits per heavy atom. The van der Waals surface area contributed by atoms with Crippen LogP contribution in [-0.4, -0.2) is 40.5 Å². The molecule has 1 aliphatic rings. The van der Waals surface area contributed by atoms with Crippen molar-refractivity contribution in [3.8, 4) is 16.2 Å². The Hall–Kier alpha value is -3.89. The molecule has 0 spiro atoms. The number of ether oxygens (including phenoxy) is 1. The summed E-state index contributed by atoms with van der Waals surface area (Å²) < 4.78 is 5.95. The molecule has 3 heterocycles. The van der Waals surface area contributed by atoms with Crippen LogP contribution in [0.4, 0.5) is 10.6 Å². The van der Waals surface area contributed by atoms with E-state index < -0.39 is 6.09 Å². The average molecular weight is 513 g/mol. The van der Waals surface area contributed by atoms with E-state index in [0.717, 1.165) is 16.0 Å². The van der Waals surface area contributed by atoms with Crippen molar-refractivity contribution < 1.29 is 24.2 Å². The molecule has 1 aliphatic heterocycles. The smallest absolute Gasteiger partial charge is 0.423 e. The number of amides is 2. The minimum Gasteiger partial charge on any atom is -0.486 e. The van der Waals surface area contributed by atoms with Crippen molar-refractivity contribution in [1.29, 1.82) is 0 Å². The number of hydrogen-bond donors (Lipinski definition) is 4. The number of benzene rings is 1. The molecule has 0 saturated carbocycles. The number of ketones is 1. The van der Waals surface area contributed by atoms with E-state index in [0.29, 0.717) is 40.0 Å². The first kappa shape index (κ1) is 24.2. The van der Waals surface area contributed by atoms with E-state index in [1.54, 1.807) is 25.1 Å². The van der Waals surface area contributed by atoms with Gasteiger partial charge in [0, 0.05) is 29.1 Å². The first-order valence-electron chi connectivity index (χ1n) is 10.6. The summed E-state index contributed by atoms with van der Waals surface area (Å²) in [7, 11) is 0. The van der Waals surface area contributed by atoms with Crippen LogP contribution in [-0.2, 0) is 11.2 Å². The molecule has 4 N–H and O–H groups in total. The van der Waals surface area contributed by atoms with Crippen molar-refractivity contribution in [2.75, 3.05) is 12.0 Å². The van der Waals surface area contributed by atoms with Gasteiger partial charge in [0.25, 0.3) is 0 Å². The molecule has 180 valence electrons. The largest absolute Gasteiger partial charge is 0.486 e. The van der Waals surface area contributed by atoms with Crippen molar-refractivity contribution in [3.05, 3.63) is 69.7 Å². The number of pyridine rings is 1. The van der Waals surface area contributed by atoms with Gasteiger partial charge in [-0.05, 0) is 60.5 Å². The molecule has 9 nitrogen and oxygen atoms in total. The van der Waals surface area contributed by atoms with Gasteiger partial charge in [-0.2, -0.15) is 0 Å². The number of thiophene rings is 1. The zero-order chi connectivity index (χ0) is 24.9. The minimum atomic E-state index is -1.23. The maximum Gasteiger partial charge on any atom is 0.423 e. The van der Waals surface area contributed by atoms with Gasteiger partial charge in [0.15, 0.2) is 5.78 Å². The third-order valence-corrected chi connectivity index (χ3v) is 6.62. The Kier molecular flexibility index (Phi) is 7.33. The van der Waals surface area contributed by atoms with E-state index in [4.69, 9.17) is 21.4 Å². The molecule has 1 atom stereocenters. The number of nitrogens with one attached hydrogen (secondary N) is 3. The van der Waals surface area contributed by atoms with Crippen LogP contribution in [0.5, 0.6) is 5.75 Å². The summed E-state index contributed by atoms with van der Waals surface area (Å²) in [5.41, 5.74) is 6.96. The molecule has 1 unspecified atom stereocenters. The SMILES string of the molecule is CC(=O)c1ccc(-c2cc(Cl)c3c(c2)CC(CNC(=O)C=Cc2ccc(NNC(=O)O)nc2)O3)s1. The third-order valence-electron chi connectivity index (χ3n) is 5.11. The number of hydrogen-bond acceptors (Lipinski definition) is 7. The van der Waals surface area contributed by atoms with Crippen molar-refractivity contribution >= 4 is 52.6 Å². The Labute approximate surface area is 209 Å². The van der Waals surface area contributed by atoms with Crippen LogP contribution in [0.15, 0.2) is 48.7 Å². The summed E-state index contributed by atoms with van der Waals surface area (Å²) >= 11 is 7.88. The number of fused-ring (bicyclic) bond motifs is 1. The summed E-state index contributed by atoms with van der Waals surface area (Å²) in [6.07, 6.45) is 3.60. The highest BCUT2D eigenvalue weighted by Crippen LogP contribution is 2.41. The first-order valence-corrected chi connectivity index (χ1v) is 11.7. The molecule has 2 amide bonds. The Balaban J connectivity index is 1.31. The molecule has 2 aromatic heterocycles. The Morgan fingerprint density at radius 2 is 2.09 bits per heavy atom. The minimum absolute atomic E-state index is 0.0278. The summed E-state index contributed by atoms with van der Waals surface area (Å²) in [5.74, 6) is 0.680. The zero-order valence-corrected chi connectivity index (χ0v) is 20.1. The number of Topliss-reactive ketones (excluding diaryl/α,β-unsaturated/α-hetero) is 1. The maximum atomic E-state index is 12.2. The van der Waals surface area contributed by atoms with Crippen molar-refractivity contribution in [2.24, 2.45) is 0 Å². The van der Waals surface area contributed by atoms with Crippen molar-refractivity contribution in [1.82, 2.24) is 15.7 Å². The quantitative estimate of drug-likeness (QED) is 0.200. The van der Waals surface area contributed by atoms with E-state index in [-0.39, 0.29) is 17.8 Å². The summed E-state index contributed by atoms with van der Waals surface area (Å²) in [6, 6.07) is 10.8. The molecule has 35 heavy (non-hydrogen) atoms. The number of rotatable bonds is 8. The predicted molar refractivity (Wildman–Crippen MR) is 134 cm³/mol. The second-order valence-corrected chi connectivity index (χ2v) is 9.21. The van der Waals surface area contributed by atoms with Crippen molar-refractivity contribution in [2.45, 2.75) is 19.4 Å². The summed E-state index contributed by atoms with van der Waals surface area (Å²) in [4.78, 5) is 40.0. The fraction of sp³-hybridized carbons (Fsp3) is 0.167. The fourth-order valence-corrected chi connectivity index (χ4v) is 4.64. The average Bonchev–Trinajstić information content (AvgIpc) is 3.48. The first-order chi connectivity index (χ1) is 16.8. The molecular weight excluding hydrogens is 492 g/mol. The molecule has 0 saturated heterocycles. The Morgan fingerprint density at radius 3 is 2.77 bits per heavy atom. The lowest BCUT2D eigenvalue weighted by atomic mass is 10.1. The standard InChI is InChI=1S/C24H21ClN4O5S/c1-13(30)19-4-5-20(35-19)15-8-16-9-17(34-23(16)18(25)10-15)12-27-22(31)7-3-14-2-6-21(26-11-14)28-29-24(32)33/h2-8,10-11,17,29H,9,12H2,1H3,(H,26,28)(H,27,31)(H,32,33). The van der Waals surface area contributed by atoms with E-state index in [1.807, 2.05) is 29.7 Å².